The van der Waals surface area contributed by atoms with Crippen molar-refractivity contribution >= 4 is 30.1 Å². The highest BCUT2D eigenvalue weighted by Crippen LogP contribution is 2.18. The van der Waals surface area contributed by atoms with Crippen LogP contribution in [0.1, 0.15) is 59.1 Å². The number of benzene rings is 1. The number of imide groups is 1. The summed E-state index contributed by atoms with van der Waals surface area (Å²) >= 11 is 0. The summed E-state index contributed by atoms with van der Waals surface area (Å²) in [6, 6.07) is 9.63. The third kappa shape index (κ3) is 13.3. The minimum Gasteiger partial charge on any atom is -0.445 e. The molecular formula is C36H53N7O8. The van der Waals surface area contributed by atoms with E-state index in [-0.39, 0.29) is 25.2 Å². The lowest BCUT2D eigenvalue weighted by atomic mass is 10.2. The van der Waals surface area contributed by atoms with Crippen LogP contribution < -0.4 is 4.90 Å². The zero-order chi connectivity index (χ0) is 37.0. The molecular weight excluding hydrogens is 658 g/mol. The van der Waals surface area contributed by atoms with Crippen LogP contribution >= 0.6 is 0 Å². The van der Waals surface area contributed by atoms with E-state index in [4.69, 9.17) is 18.9 Å². The second kappa shape index (κ2) is 18.1. The van der Waals surface area contributed by atoms with Crippen molar-refractivity contribution in [3.63, 3.8) is 0 Å². The molecule has 15 nitrogen and oxygen atoms in total. The van der Waals surface area contributed by atoms with E-state index in [9.17, 15) is 19.2 Å². The summed E-state index contributed by atoms with van der Waals surface area (Å²) in [5, 5.41) is 0. The number of anilines is 1. The number of carbonyl (C=O) groups is 4. The second-order valence-electron chi connectivity index (χ2n) is 14.5. The summed E-state index contributed by atoms with van der Waals surface area (Å²) in [6.07, 6.45) is 1.51. The Kier molecular flexibility index (Phi) is 14.0. The summed E-state index contributed by atoms with van der Waals surface area (Å²) in [7, 11) is 0. The molecule has 2 aliphatic heterocycles. The van der Waals surface area contributed by atoms with Crippen molar-refractivity contribution in [1.29, 1.82) is 0 Å². The molecule has 3 heterocycles. The summed E-state index contributed by atoms with van der Waals surface area (Å²) in [4.78, 5) is 68.5. The number of hydrogen-bond donors (Lipinski definition) is 0. The van der Waals surface area contributed by atoms with E-state index in [0.717, 1.165) is 30.1 Å². The first-order valence-electron chi connectivity index (χ1n) is 17.5. The van der Waals surface area contributed by atoms with Gasteiger partial charge in [-0.3, -0.25) is 9.69 Å². The highest BCUT2D eigenvalue weighted by molar-refractivity contribution is 5.88. The largest absolute Gasteiger partial charge is 0.445 e. The van der Waals surface area contributed by atoms with E-state index >= 15 is 0 Å². The highest BCUT2D eigenvalue weighted by atomic mass is 16.6. The molecule has 0 aliphatic carbocycles. The fourth-order valence-electron chi connectivity index (χ4n) is 5.35. The number of amides is 4. The Bertz CT molecular complexity index is 1400. The van der Waals surface area contributed by atoms with Crippen molar-refractivity contribution in [2.45, 2.75) is 72.3 Å². The molecule has 0 saturated carbocycles. The summed E-state index contributed by atoms with van der Waals surface area (Å²) in [5.74, 6) is 0.540. The number of rotatable bonds is 11. The number of piperazine rings is 2. The van der Waals surface area contributed by atoms with E-state index in [2.05, 4.69) is 14.9 Å². The van der Waals surface area contributed by atoms with Gasteiger partial charge in [-0.1, -0.05) is 30.3 Å². The third-order valence-electron chi connectivity index (χ3n) is 8.02. The normalized spacial score (nSPS) is 15.7. The molecule has 280 valence electrons. The maximum absolute atomic E-state index is 12.8. The van der Waals surface area contributed by atoms with Crippen LogP contribution in [0.3, 0.4) is 0 Å². The maximum atomic E-state index is 12.8. The number of hydrogen-bond acceptors (Lipinski definition) is 12. The van der Waals surface area contributed by atoms with E-state index in [1.165, 1.54) is 0 Å². The van der Waals surface area contributed by atoms with Gasteiger partial charge >= 0.3 is 18.3 Å². The van der Waals surface area contributed by atoms with Gasteiger partial charge in [-0.15, -0.1) is 0 Å². The molecule has 0 N–H and O–H groups in total. The molecule has 0 atom stereocenters. The van der Waals surface area contributed by atoms with Crippen molar-refractivity contribution in [2.24, 2.45) is 0 Å². The Morgan fingerprint density at radius 3 is 1.86 bits per heavy atom. The lowest BCUT2D eigenvalue weighted by Gasteiger charge is -2.35. The molecule has 1 aromatic heterocycles. The molecule has 2 saturated heterocycles. The molecule has 0 unspecified atom stereocenters. The molecule has 0 radical (unpaired) electrons. The van der Waals surface area contributed by atoms with Gasteiger partial charge in [0.15, 0.2) is 0 Å². The number of ether oxygens (including phenoxy) is 4. The molecule has 2 aliphatic rings. The number of nitrogens with zero attached hydrogens (tertiary/aromatic N) is 7. The average Bonchev–Trinajstić information content (AvgIpc) is 3.09. The van der Waals surface area contributed by atoms with E-state index < -0.39 is 23.4 Å². The predicted molar refractivity (Wildman–Crippen MR) is 189 cm³/mol. The van der Waals surface area contributed by atoms with Crippen LogP contribution in [0.4, 0.5) is 20.3 Å². The van der Waals surface area contributed by atoms with Crippen LogP contribution in [0.2, 0.25) is 0 Å². The van der Waals surface area contributed by atoms with Crippen LogP contribution in [-0.4, -0.2) is 137 Å². The van der Waals surface area contributed by atoms with E-state index in [0.29, 0.717) is 70.4 Å². The molecule has 51 heavy (non-hydrogen) atoms. The number of aromatic nitrogens is 2. The molecule has 0 spiro atoms. The van der Waals surface area contributed by atoms with Crippen molar-refractivity contribution < 1.29 is 38.1 Å². The van der Waals surface area contributed by atoms with Gasteiger partial charge in [0, 0.05) is 76.9 Å². The Morgan fingerprint density at radius 1 is 0.725 bits per heavy atom. The van der Waals surface area contributed by atoms with Crippen LogP contribution in [0.25, 0.3) is 0 Å². The standard InChI is InChI=1S/C36H53N7O8/c1-35(2,3)50-33(46)43(34(47)51-36(4,5)6)26-29-24-37-31(38-25-29)41-19-17-40(18-20-41)30(44)12-22-48-23-21-39-13-15-42(16-14-39)32(45)49-27-28-10-8-7-9-11-28/h7-11,24-25H,12-23,26-27H2,1-6H3. The SMILES string of the molecule is CC(C)(C)OC(=O)N(Cc1cnc(N2CCN(C(=O)CCOCCN3CCN(C(=O)OCc4ccccc4)CC3)CC2)nc1)C(=O)OC(C)(C)C. The fourth-order valence-corrected chi connectivity index (χ4v) is 5.35. The molecule has 15 heteroatoms. The van der Waals surface area contributed by atoms with Crippen molar-refractivity contribution in [3.8, 4) is 0 Å². The molecule has 4 amide bonds. The predicted octanol–water partition coefficient (Wildman–Crippen LogP) is 4.16. The minimum absolute atomic E-state index is 0.0397. The van der Waals surface area contributed by atoms with Crippen molar-refractivity contribution in [1.82, 2.24) is 29.6 Å². The van der Waals surface area contributed by atoms with E-state index in [1.54, 1.807) is 58.8 Å². The second-order valence-corrected chi connectivity index (χ2v) is 14.5. The molecule has 0 bridgehead atoms. The van der Waals surface area contributed by atoms with Gasteiger partial charge in [0.1, 0.15) is 17.8 Å². The summed E-state index contributed by atoms with van der Waals surface area (Å²) < 4.78 is 22.1. The van der Waals surface area contributed by atoms with Crippen molar-refractivity contribution in [2.75, 3.05) is 77.0 Å². The van der Waals surface area contributed by atoms with Gasteiger partial charge in [0.25, 0.3) is 0 Å². The zero-order valence-corrected chi connectivity index (χ0v) is 30.8. The highest BCUT2D eigenvalue weighted by Gasteiger charge is 2.32. The van der Waals surface area contributed by atoms with Crippen LogP contribution in [0.5, 0.6) is 0 Å². The quantitative estimate of drug-likeness (QED) is 0.244. The zero-order valence-electron chi connectivity index (χ0n) is 30.8. The van der Waals surface area contributed by atoms with Crippen LogP contribution in [0, 0.1) is 0 Å². The first-order chi connectivity index (χ1) is 24.2. The third-order valence-corrected chi connectivity index (χ3v) is 8.02. The lowest BCUT2D eigenvalue weighted by Crippen LogP contribution is -2.49. The smallest absolute Gasteiger partial charge is 0.420 e. The Labute approximate surface area is 300 Å². The van der Waals surface area contributed by atoms with Gasteiger partial charge < -0.3 is 33.6 Å². The molecule has 4 rings (SSSR count). The Hall–Kier alpha value is -4.50. The fraction of sp³-hybridized carbons (Fsp3) is 0.611. The maximum Gasteiger partial charge on any atom is 0.420 e. The minimum atomic E-state index is -0.819. The first kappa shape index (κ1) is 39.3. The molecule has 1 aromatic carbocycles. The van der Waals surface area contributed by atoms with Crippen LogP contribution in [-0.2, 0) is 36.9 Å². The Morgan fingerprint density at radius 2 is 1.29 bits per heavy atom. The van der Waals surface area contributed by atoms with E-state index in [1.807, 2.05) is 40.1 Å². The molecule has 2 aromatic rings. The van der Waals surface area contributed by atoms with Gasteiger partial charge in [-0.05, 0) is 47.1 Å². The molecule has 2 fully saturated rings. The topological polar surface area (TPSA) is 147 Å². The van der Waals surface area contributed by atoms with Crippen molar-refractivity contribution in [3.05, 3.63) is 53.9 Å². The Balaban J connectivity index is 1.12. The summed E-state index contributed by atoms with van der Waals surface area (Å²) in [6.45, 7) is 17.0. The monoisotopic (exact) mass is 711 g/mol. The first-order valence-corrected chi connectivity index (χ1v) is 17.5. The van der Waals surface area contributed by atoms with Gasteiger partial charge in [0.2, 0.25) is 11.9 Å². The van der Waals surface area contributed by atoms with Gasteiger partial charge in [-0.25, -0.2) is 29.3 Å². The van der Waals surface area contributed by atoms with Gasteiger partial charge in [0.05, 0.1) is 26.2 Å². The number of carbonyl (C=O) groups excluding carboxylic acids is 4. The lowest BCUT2D eigenvalue weighted by molar-refractivity contribution is -0.132. The van der Waals surface area contributed by atoms with Crippen LogP contribution in [0.15, 0.2) is 42.7 Å². The summed E-state index contributed by atoms with van der Waals surface area (Å²) in [5.41, 5.74) is -0.0970. The average molecular weight is 712 g/mol. The van der Waals surface area contributed by atoms with Gasteiger partial charge in [-0.2, -0.15) is 0 Å².